The largest absolute Gasteiger partial charge is 0.338 e. The minimum atomic E-state index is -0.00307. The highest BCUT2D eigenvalue weighted by Gasteiger charge is 2.28. The number of carbonyl (C=O) groups excluding carboxylic acids is 1. The Kier molecular flexibility index (Phi) is 5.12. The Morgan fingerprint density at radius 3 is 3.13 bits per heavy atom. The molecule has 0 bridgehead atoms. The molecule has 0 saturated carbocycles. The zero-order valence-electron chi connectivity index (χ0n) is 13.4. The molecule has 0 amide bonds. The molecule has 0 N–H and O–H groups in total. The van der Waals surface area contributed by atoms with Crippen LogP contribution in [0.15, 0.2) is 28.9 Å². The molecule has 2 aromatic rings. The molecule has 6 nitrogen and oxygen atoms in total. The fourth-order valence-corrected chi connectivity index (χ4v) is 3.00. The van der Waals surface area contributed by atoms with Crippen LogP contribution in [0.5, 0.6) is 0 Å². The van der Waals surface area contributed by atoms with Crippen molar-refractivity contribution in [3.05, 3.63) is 41.8 Å². The quantitative estimate of drug-likeness (QED) is 0.763. The van der Waals surface area contributed by atoms with Gasteiger partial charge in [-0.1, -0.05) is 18.1 Å². The summed E-state index contributed by atoms with van der Waals surface area (Å²) in [6.45, 7) is 4.38. The molecule has 0 radical (unpaired) electrons. The summed E-state index contributed by atoms with van der Waals surface area (Å²) in [7, 11) is 0. The third-order valence-corrected chi connectivity index (χ3v) is 4.14. The van der Waals surface area contributed by atoms with Crippen LogP contribution >= 0.6 is 0 Å². The van der Waals surface area contributed by atoms with Crippen LogP contribution in [0.4, 0.5) is 0 Å². The molecule has 122 valence electrons. The predicted octanol–water partition coefficient (Wildman–Crippen LogP) is 2.51. The molecule has 0 spiro atoms. The second-order valence-corrected chi connectivity index (χ2v) is 6.01. The van der Waals surface area contributed by atoms with E-state index >= 15 is 0 Å². The van der Waals surface area contributed by atoms with E-state index in [1.807, 2.05) is 12.1 Å². The van der Waals surface area contributed by atoms with E-state index in [4.69, 9.17) is 4.52 Å². The first-order valence-electron chi connectivity index (χ1n) is 8.25. The molecule has 0 aromatic carbocycles. The first-order valence-corrected chi connectivity index (χ1v) is 8.25. The number of hydrogen-bond acceptors (Lipinski definition) is 6. The molecule has 3 heterocycles. The van der Waals surface area contributed by atoms with Crippen molar-refractivity contribution in [1.82, 2.24) is 20.0 Å². The van der Waals surface area contributed by atoms with Gasteiger partial charge in [0.25, 0.3) is 0 Å². The van der Waals surface area contributed by atoms with Crippen LogP contribution in [-0.4, -0.2) is 38.9 Å². The highest BCUT2D eigenvalue weighted by atomic mass is 16.5. The first kappa shape index (κ1) is 15.8. The van der Waals surface area contributed by atoms with Crippen LogP contribution in [0.3, 0.4) is 0 Å². The average Bonchev–Trinajstić information content (AvgIpc) is 3.03. The molecule has 3 rings (SSSR count). The van der Waals surface area contributed by atoms with Gasteiger partial charge in [0.2, 0.25) is 5.89 Å². The van der Waals surface area contributed by atoms with Crippen LogP contribution in [-0.2, 0) is 13.0 Å². The van der Waals surface area contributed by atoms with Gasteiger partial charge in [-0.2, -0.15) is 4.98 Å². The summed E-state index contributed by atoms with van der Waals surface area (Å²) < 4.78 is 5.30. The van der Waals surface area contributed by atoms with Crippen molar-refractivity contribution in [3.8, 4) is 0 Å². The van der Waals surface area contributed by atoms with Crippen LogP contribution in [0.25, 0.3) is 0 Å². The van der Waals surface area contributed by atoms with Gasteiger partial charge in [0.05, 0.1) is 6.54 Å². The Balaban J connectivity index is 1.60. The van der Waals surface area contributed by atoms with Crippen LogP contribution in [0, 0.1) is 5.92 Å². The molecule has 1 saturated heterocycles. The number of Topliss-reactive ketones (excluding diaryl/α,β-unsaturated/α-hetero) is 1. The van der Waals surface area contributed by atoms with Crippen molar-refractivity contribution in [1.29, 1.82) is 0 Å². The number of aryl methyl sites for hydroxylation is 1. The molecule has 0 unspecified atom stereocenters. The lowest BCUT2D eigenvalue weighted by molar-refractivity contribution is 0.0792. The first-order chi connectivity index (χ1) is 11.3. The monoisotopic (exact) mass is 314 g/mol. The standard InChI is InChI=1S/C17H22N4O2/c1-2-6-15-19-16(23-20-15)12-21-10-5-7-13(11-21)17(22)14-8-3-4-9-18-14/h3-4,8-9,13H,2,5-7,10-12H2,1H3/t13-/m0/s1. The number of piperidine rings is 1. The maximum atomic E-state index is 12.5. The third-order valence-electron chi connectivity index (χ3n) is 4.14. The topological polar surface area (TPSA) is 72.1 Å². The number of aromatic nitrogens is 3. The van der Waals surface area contributed by atoms with Crippen LogP contribution < -0.4 is 0 Å². The number of pyridine rings is 1. The van der Waals surface area contributed by atoms with E-state index in [9.17, 15) is 4.79 Å². The van der Waals surface area contributed by atoms with E-state index in [2.05, 4.69) is 26.9 Å². The minimum Gasteiger partial charge on any atom is -0.338 e. The van der Waals surface area contributed by atoms with Crippen LogP contribution in [0.2, 0.25) is 0 Å². The molecule has 1 aliphatic rings. The Morgan fingerprint density at radius 2 is 2.35 bits per heavy atom. The van der Waals surface area contributed by atoms with Gasteiger partial charge in [-0.25, -0.2) is 0 Å². The highest BCUT2D eigenvalue weighted by molar-refractivity contribution is 5.96. The lowest BCUT2D eigenvalue weighted by Crippen LogP contribution is -2.38. The summed E-state index contributed by atoms with van der Waals surface area (Å²) in [5, 5.41) is 3.98. The van der Waals surface area contributed by atoms with Gasteiger partial charge in [0.15, 0.2) is 11.6 Å². The summed E-state index contributed by atoms with van der Waals surface area (Å²) >= 11 is 0. The fourth-order valence-electron chi connectivity index (χ4n) is 3.00. The zero-order valence-corrected chi connectivity index (χ0v) is 13.4. The fraction of sp³-hybridized carbons (Fsp3) is 0.529. The van der Waals surface area contributed by atoms with Crippen molar-refractivity contribution in [3.63, 3.8) is 0 Å². The maximum absolute atomic E-state index is 12.5. The Labute approximate surface area is 135 Å². The number of nitrogens with zero attached hydrogens (tertiary/aromatic N) is 4. The van der Waals surface area contributed by atoms with Gasteiger partial charge in [0.1, 0.15) is 5.69 Å². The van der Waals surface area contributed by atoms with Gasteiger partial charge in [-0.15, -0.1) is 0 Å². The number of likely N-dealkylation sites (tertiary alicyclic amines) is 1. The number of carbonyl (C=O) groups is 1. The highest BCUT2D eigenvalue weighted by Crippen LogP contribution is 2.21. The molecular formula is C17H22N4O2. The molecule has 1 atom stereocenters. The number of hydrogen-bond donors (Lipinski definition) is 0. The van der Waals surface area contributed by atoms with E-state index in [0.717, 1.165) is 44.6 Å². The lowest BCUT2D eigenvalue weighted by atomic mass is 9.92. The van der Waals surface area contributed by atoms with E-state index in [-0.39, 0.29) is 11.7 Å². The van der Waals surface area contributed by atoms with Gasteiger partial charge in [0, 0.05) is 25.1 Å². The normalized spacial score (nSPS) is 18.9. The predicted molar refractivity (Wildman–Crippen MR) is 84.9 cm³/mol. The van der Waals surface area contributed by atoms with E-state index < -0.39 is 0 Å². The van der Waals surface area contributed by atoms with Crippen LogP contribution in [0.1, 0.15) is 48.4 Å². The van der Waals surface area contributed by atoms with Crippen molar-refractivity contribution in [2.24, 2.45) is 5.92 Å². The van der Waals surface area contributed by atoms with Crippen molar-refractivity contribution in [2.75, 3.05) is 13.1 Å². The second kappa shape index (κ2) is 7.46. The lowest BCUT2D eigenvalue weighted by Gasteiger charge is -2.30. The minimum absolute atomic E-state index is 0.00307. The molecule has 6 heteroatoms. The van der Waals surface area contributed by atoms with Crippen molar-refractivity contribution in [2.45, 2.75) is 39.2 Å². The zero-order chi connectivity index (χ0) is 16.1. The van der Waals surface area contributed by atoms with Crippen molar-refractivity contribution >= 4 is 5.78 Å². The van der Waals surface area contributed by atoms with Gasteiger partial charge in [-0.3, -0.25) is 14.7 Å². The summed E-state index contributed by atoms with van der Waals surface area (Å²) in [5.74, 6) is 1.53. The molecule has 1 aliphatic heterocycles. The third kappa shape index (κ3) is 4.01. The van der Waals surface area contributed by atoms with E-state index in [1.165, 1.54) is 0 Å². The van der Waals surface area contributed by atoms with Gasteiger partial charge < -0.3 is 4.52 Å². The van der Waals surface area contributed by atoms with Gasteiger partial charge in [-0.05, 0) is 37.9 Å². The molecule has 2 aromatic heterocycles. The Bertz CT molecular complexity index is 641. The maximum Gasteiger partial charge on any atom is 0.240 e. The van der Waals surface area contributed by atoms with Gasteiger partial charge >= 0.3 is 0 Å². The summed E-state index contributed by atoms with van der Waals surface area (Å²) in [6.07, 6.45) is 5.42. The molecular weight excluding hydrogens is 292 g/mol. The number of rotatable bonds is 6. The second-order valence-electron chi connectivity index (χ2n) is 6.01. The van der Waals surface area contributed by atoms with E-state index in [0.29, 0.717) is 18.1 Å². The average molecular weight is 314 g/mol. The SMILES string of the molecule is CCCc1noc(CN2CCC[C@H](C(=O)c3ccccn3)C2)n1. The Hall–Kier alpha value is -2.08. The number of ketones is 1. The molecule has 23 heavy (non-hydrogen) atoms. The molecule has 0 aliphatic carbocycles. The smallest absolute Gasteiger partial charge is 0.240 e. The van der Waals surface area contributed by atoms with E-state index in [1.54, 1.807) is 12.3 Å². The summed E-state index contributed by atoms with van der Waals surface area (Å²) in [5.41, 5.74) is 0.558. The van der Waals surface area contributed by atoms with Crippen molar-refractivity contribution < 1.29 is 9.32 Å². The summed E-state index contributed by atoms with van der Waals surface area (Å²) in [4.78, 5) is 23.4. The summed E-state index contributed by atoms with van der Waals surface area (Å²) in [6, 6.07) is 5.47. The molecule has 1 fully saturated rings. The Morgan fingerprint density at radius 1 is 1.43 bits per heavy atom.